The predicted molar refractivity (Wildman–Crippen MR) is 181 cm³/mol. The molecule has 0 spiro atoms. The van der Waals surface area contributed by atoms with Gasteiger partial charge in [0.15, 0.2) is 0 Å². The van der Waals surface area contributed by atoms with Crippen LogP contribution in [0, 0.1) is 17.2 Å². The minimum Gasteiger partial charge on any atom is -0.339 e. The number of hydrogen-bond donors (Lipinski definition) is 3. The third-order valence-corrected chi connectivity index (χ3v) is 13.0. The molecule has 4 saturated heterocycles. The minimum absolute atomic E-state index is 0.0661. The topological polar surface area (TPSA) is 154 Å². The van der Waals surface area contributed by atoms with Gasteiger partial charge in [-0.3, -0.25) is 18.9 Å². The SMILES string of the molecule is N#C[C@H]1CN(C(=O)[C@@H]2CC[C@@H]3CC[C@@H](N4CCC4)C[C@H](NC(=O)c4cc5cc(C(F)(F)P(=O)(O)O)ccc5s4)C(=O)N32)C[C@@H]1c1ccccc1. The van der Waals surface area contributed by atoms with Crippen LogP contribution in [0.4, 0.5) is 8.78 Å². The number of carbonyl (C=O) groups excluding carboxylic acids is 3. The first kappa shape index (κ1) is 34.7. The molecule has 7 rings (SSSR count). The van der Waals surface area contributed by atoms with Crippen molar-refractivity contribution in [3.05, 3.63) is 70.6 Å². The number of nitriles is 1. The highest BCUT2D eigenvalue weighted by Crippen LogP contribution is 2.59. The van der Waals surface area contributed by atoms with Gasteiger partial charge < -0.3 is 29.8 Å². The number of nitrogens with one attached hydrogen (secondary N) is 1. The van der Waals surface area contributed by atoms with Gasteiger partial charge in [0.1, 0.15) is 12.1 Å². The number of carbonyl (C=O) groups is 3. The summed E-state index contributed by atoms with van der Waals surface area (Å²) in [6.07, 6.45) is 4.10. The van der Waals surface area contributed by atoms with E-state index in [1.54, 1.807) is 9.80 Å². The number of rotatable bonds is 7. The van der Waals surface area contributed by atoms with Crippen molar-refractivity contribution in [3.8, 4) is 6.07 Å². The summed E-state index contributed by atoms with van der Waals surface area (Å²) in [6, 6.07) is 14.8. The molecule has 3 N–H and O–H groups in total. The standard InChI is InChI=1S/C35H38F2N5O6PS/c36-35(37,49(46,47)48)24-7-12-30-22(15-24)16-31(50-30)32(43)39-28-17-26(40-13-4-14-40)9-8-25-10-11-29(42(25)33(28)44)34(45)41-19-23(18-38)27(20-41)21-5-2-1-3-6-21/h1-3,5-7,12,15-16,23,25-29H,4,8-11,13-14,17,19-20H2,(H,39,43)(H2,46,47,48)/t23-,25-,26+,27+,28-,29-/m0/s1. The summed E-state index contributed by atoms with van der Waals surface area (Å²) in [5.74, 6) is -1.58. The summed E-state index contributed by atoms with van der Waals surface area (Å²) >= 11 is 1.02. The number of nitrogens with zero attached hydrogens (tertiary/aromatic N) is 4. The molecule has 0 unspecified atom stereocenters. The Hall–Kier alpha value is -3.73. The van der Waals surface area contributed by atoms with Crippen LogP contribution in [0.25, 0.3) is 10.1 Å². The lowest BCUT2D eigenvalue weighted by molar-refractivity contribution is -0.147. The lowest BCUT2D eigenvalue weighted by Gasteiger charge is -2.44. The average molecular weight is 726 g/mol. The van der Waals surface area contributed by atoms with E-state index >= 15 is 0 Å². The second kappa shape index (κ2) is 13.4. The van der Waals surface area contributed by atoms with E-state index < -0.39 is 36.8 Å². The number of alkyl halides is 2. The third-order valence-electron chi connectivity index (χ3n) is 10.9. The second-order valence-electron chi connectivity index (χ2n) is 13.8. The molecule has 6 atom stereocenters. The molecular weight excluding hydrogens is 687 g/mol. The van der Waals surface area contributed by atoms with Crippen LogP contribution < -0.4 is 5.32 Å². The number of halogens is 2. The summed E-state index contributed by atoms with van der Waals surface area (Å²) in [6.45, 7) is 2.48. The maximum Gasteiger partial charge on any atom is 0.399 e. The lowest BCUT2D eigenvalue weighted by atomic mass is 9.90. The number of benzene rings is 2. The number of fused-ring (bicyclic) bond motifs is 2. The normalized spacial score (nSPS) is 27.7. The molecule has 50 heavy (non-hydrogen) atoms. The molecule has 0 saturated carbocycles. The van der Waals surface area contributed by atoms with Gasteiger partial charge in [0, 0.05) is 41.4 Å². The summed E-state index contributed by atoms with van der Waals surface area (Å²) in [5, 5.41) is 13.1. The fourth-order valence-electron chi connectivity index (χ4n) is 8.06. The fraction of sp³-hybridized carbons (Fsp3) is 0.486. The summed E-state index contributed by atoms with van der Waals surface area (Å²) in [7, 11) is -5.78. The Morgan fingerprint density at radius 2 is 1.72 bits per heavy atom. The van der Waals surface area contributed by atoms with E-state index in [-0.39, 0.29) is 52.5 Å². The quantitative estimate of drug-likeness (QED) is 0.299. The van der Waals surface area contributed by atoms with Crippen molar-refractivity contribution in [2.24, 2.45) is 5.92 Å². The van der Waals surface area contributed by atoms with E-state index in [0.717, 1.165) is 61.4 Å². The molecule has 0 radical (unpaired) electrons. The number of hydrogen-bond acceptors (Lipinski definition) is 7. The molecule has 11 nitrogen and oxygen atoms in total. The minimum atomic E-state index is -5.78. The highest BCUT2D eigenvalue weighted by Gasteiger charge is 2.51. The Bertz CT molecular complexity index is 1890. The molecule has 15 heteroatoms. The van der Waals surface area contributed by atoms with E-state index in [1.165, 1.54) is 12.1 Å². The van der Waals surface area contributed by atoms with E-state index in [2.05, 4.69) is 16.3 Å². The highest BCUT2D eigenvalue weighted by molar-refractivity contribution is 7.52. The smallest absolute Gasteiger partial charge is 0.339 e. The van der Waals surface area contributed by atoms with Crippen LogP contribution in [0.2, 0.25) is 0 Å². The van der Waals surface area contributed by atoms with Crippen LogP contribution in [-0.2, 0) is 19.8 Å². The molecule has 4 aliphatic heterocycles. The average Bonchev–Trinajstić information content (AvgIpc) is 3.81. The van der Waals surface area contributed by atoms with Crippen molar-refractivity contribution >= 4 is 46.7 Å². The maximum absolute atomic E-state index is 14.5. The van der Waals surface area contributed by atoms with Crippen molar-refractivity contribution in [1.29, 1.82) is 5.26 Å². The Kier molecular flexibility index (Phi) is 9.32. The van der Waals surface area contributed by atoms with Crippen LogP contribution in [0.5, 0.6) is 0 Å². The first-order chi connectivity index (χ1) is 23.9. The Balaban J connectivity index is 1.13. The highest BCUT2D eigenvalue weighted by atomic mass is 32.1. The molecule has 2 aromatic carbocycles. The monoisotopic (exact) mass is 725 g/mol. The van der Waals surface area contributed by atoms with Gasteiger partial charge in [0.25, 0.3) is 5.91 Å². The molecule has 5 heterocycles. The number of thiophene rings is 1. The molecule has 3 aromatic rings. The molecule has 264 valence electrons. The predicted octanol–water partition coefficient (Wildman–Crippen LogP) is 4.61. The van der Waals surface area contributed by atoms with Gasteiger partial charge in [-0.15, -0.1) is 11.3 Å². The van der Waals surface area contributed by atoms with Crippen LogP contribution in [0.1, 0.15) is 65.2 Å². The van der Waals surface area contributed by atoms with Crippen molar-refractivity contribution in [2.45, 2.75) is 74.3 Å². The maximum atomic E-state index is 14.5. The largest absolute Gasteiger partial charge is 0.399 e. The van der Waals surface area contributed by atoms with Gasteiger partial charge in [-0.05, 0) is 80.8 Å². The van der Waals surface area contributed by atoms with Gasteiger partial charge in [-0.2, -0.15) is 14.0 Å². The van der Waals surface area contributed by atoms with E-state index in [9.17, 15) is 42.8 Å². The zero-order chi connectivity index (χ0) is 35.4. The first-order valence-electron chi connectivity index (χ1n) is 16.9. The molecule has 3 amide bonds. The number of likely N-dealkylation sites (tertiary alicyclic amines) is 2. The molecule has 0 bridgehead atoms. The third kappa shape index (κ3) is 6.35. The van der Waals surface area contributed by atoms with Crippen LogP contribution >= 0.6 is 18.9 Å². The van der Waals surface area contributed by atoms with Crippen molar-refractivity contribution < 1.29 is 37.5 Å². The van der Waals surface area contributed by atoms with E-state index in [1.807, 2.05) is 30.3 Å². The van der Waals surface area contributed by atoms with Crippen LogP contribution in [0.3, 0.4) is 0 Å². The Morgan fingerprint density at radius 3 is 2.40 bits per heavy atom. The first-order valence-corrected chi connectivity index (χ1v) is 19.4. The van der Waals surface area contributed by atoms with E-state index in [4.69, 9.17) is 0 Å². The van der Waals surface area contributed by atoms with E-state index in [0.29, 0.717) is 30.5 Å². The second-order valence-corrected chi connectivity index (χ2v) is 16.6. The van der Waals surface area contributed by atoms with Crippen molar-refractivity contribution in [1.82, 2.24) is 20.0 Å². The number of amides is 3. The molecule has 1 aromatic heterocycles. The zero-order valence-corrected chi connectivity index (χ0v) is 28.9. The van der Waals surface area contributed by atoms with Gasteiger partial charge >= 0.3 is 13.3 Å². The molecular formula is C35H38F2N5O6PS. The lowest BCUT2D eigenvalue weighted by Crippen LogP contribution is -2.59. The molecule has 4 fully saturated rings. The van der Waals surface area contributed by atoms with Gasteiger partial charge in [0.05, 0.1) is 16.9 Å². The Labute approximate surface area is 292 Å². The molecule has 4 aliphatic rings. The van der Waals surface area contributed by atoms with Crippen molar-refractivity contribution in [2.75, 3.05) is 26.2 Å². The summed E-state index contributed by atoms with van der Waals surface area (Å²) in [4.78, 5) is 66.6. The summed E-state index contributed by atoms with van der Waals surface area (Å²) in [5.41, 5.74) is -4.26. The van der Waals surface area contributed by atoms with Gasteiger partial charge in [-0.1, -0.05) is 36.4 Å². The molecule has 0 aliphatic carbocycles. The zero-order valence-electron chi connectivity index (χ0n) is 27.2. The van der Waals surface area contributed by atoms with Gasteiger partial charge in [0.2, 0.25) is 11.8 Å². The van der Waals surface area contributed by atoms with Crippen LogP contribution in [-0.4, -0.2) is 92.6 Å². The fourth-order valence-corrected chi connectivity index (χ4v) is 9.48. The van der Waals surface area contributed by atoms with Crippen LogP contribution in [0.15, 0.2) is 54.6 Å². The summed E-state index contributed by atoms with van der Waals surface area (Å²) < 4.78 is 40.7. The van der Waals surface area contributed by atoms with Crippen molar-refractivity contribution in [3.63, 3.8) is 0 Å². The Morgan fingerprint density at radius 1 is 1.00 bits per heavy atom. The van der Waals surface area contributed by atoms with Gasteiger partial charge in [-0.25, -0.2) is 0 Å².